The molecule has 0 saturated carbocycles. The van der Waals surface area contributed by atoms with Gasteiger partial charge in [-0.2, -0.15) is 0 Å². The number of carbonyl (C=O) groups is 3. The molecule has 4 rings (SSSR count). The SMILES string of the molecule is COC(=O)/C=C/[C@H]1[C@H](N2C(=O)OC[C@@H]2c2ccccc2)C(=O)N1Cc1ccccc1. The minimum atomic E-state index is -0.741. The molecule has 7 heteroatoms. The third-order valence-corrected chi connectivity index (χ3v) is 5.44. The van der Waals surface area contributed by atoms with Crippen LogP contribution in [-0.2, 0) is 25.6 Å². The highest BCUT2D eigenvalue weighted by Gasteiger charge is 2.55. The minimum Gasteiger partial charge on any atom is -0.466 e. The van der Waals surface area contributed by atoms with Gasteiger partial charge in [0.25, 0.3) is 0 Å². The summed E-state index contributed by atoms with van der Waals surface area (Å²) >= 11 is 0. The van der Waals surface area contributed by atoms with Crippen LogP contribution in [0.2, 0.25) is 0 Å². The van der Waals surface area contributed by atoms with Crippen LogP contribution in [-0.4, -0.2) is 53.6 Å². The molecule has 0 aromatic heterocycles. The topological polar surface area (TPSA) is 76.1 Å². The normalized spacial score (nSPS) is 23.4. The maximum Gasteiger partial charge on any atom is 0.411 e. The molecule has 0 aliphatic carbocycles. The number of hydrogen-bond donors (Lipinski definition) is 0. The Morgan fingerprint density at radius 2 is 1.77 bits per heavy atom. The molecule has 2 saturated heterocycles. The molecule has 154 valence electrons. The Hall–Kier alpha value is -3.61. The van der Waals surface area contributed by atoms with Crippen LogP contribution in [0.15, 0.2) is 72.8 Å². The minimum absolute atomic E-state index is 0.179. The van der Waals surface area contributed by atoms with Crippen molar-refractivity contribution in [2.24, 2.45) is 0 Å². The molecule has 2 heterocycles. The first-order valence-electron chi connectivity index (χ1n) is 9.70. The molecular formula is C23H22N2O5. The van der Waals surface area contributed by atoms with Crippen LogP contribution in [0.4, 0.5) is 4.79 Å². The van der Waals surface area contributed by atoms with Crippen molar-refractivity contribution in [2.75, 3.05) is 13.7 Å². The molecule has 0 unspecified atom stereocenters. The van der Waals surface area contributed by atoms with E-state index in [1.807, 2.05) is 60.7 Å². The number of esters is 1. The van der Waals surface area contributed by atoms with Gasteiger partial charge in [0.15, 0.2) is 0 Å². The number of rotatable bonds is 6. The van der Waals surface area contributed by atoms with Gasteiger partial charge in [-0.15, -0.1) is 0 Å². The number of likely N-dealkylation sites (tertiary alicyclic amines) is 1. The maximum absolute atomic E-state index is 13.1. The fraction of sp³-hybridized carbons (Fsp3) is 0.261. The van der Waals surface area contributed by atoms with Crippen molar-refractivity contribution in [1.29, 1.82) is 0 Å². The van der Waals surface area contributed by atoms with Crippen LogP contribution in [0.1, 0.15) is 17.2 Å². The van der Waals surface area contributed by atoms with Crippen LogP contribution >= 0.6 is 0 Å². The molecule has 3 atom stereocenters. The first-order chi connectivity index (χ1) is 14.6. The summed E-state index contributed by atoms with van der Waals surface area (Å²) in [6, 6.07) is 17.5. The van der Waals surface area contributed by atoms with Gasteiger partial charge < -0.3 is 14.4 Å². The number of benzene rings is 2. The smallest absolute Gasteiger partial charge is 0.411 e. The fourth-order valence-electron chi connectivity index (χ4n) is 3.92. The van der Waals surface area contributed by atoms with E-state index in [0.29, 0.717) is 6.54 Å². The van der Waals surface area contributed by atoms with Crippen LogP contribution in [0.25, 0.3) is 0 Å². The van der Waals surface area contributed by atoms with Crippen LogP contribution in [0, 0.1) is 0 Å². The van der Waals surface area contributed by atoms with Gasteiger partial charge in [-0.1, -0.05) is 66.7 Å². The van der Waals surface area contributed by atoms with Gasteiger partial charge in [-0.25, -0.2) is 9.59 Å². The summed E-state index contributed by atoms with van der Waals surface area (Å²) in [6.45, 7) is 0.560. The predicted molar refractivity (Wildman–Crippen MR) is 108 cm³/mol. The number of methoxy groups -OCH3 is 1. The van der Waals surface area contributed by atoms with Gasteiger partial charge in [-0.05, 0) is 11.1 Å². The summed E-state index contributed by atoms with van der Waals surface area (Å²) in [6.07, 6.45) is 2.38. The quantitative estimate of drug-likeness (QED) is 0.419. The number of hydrogen-bond acceptors (Lipinski definition) is 5. The van der Waals surface area contributed by atoms with E-state index in [1.54, 1.807) is 11.0 Å². The molecule has 2 aliphatic rings. The molecule has 0 bridgehead atoms. The number of ether oxygens (including phenoxy) is 2. The molecule has 0 spiro atoms. The number of β-lactam (4-membered cyclic amide) rings is 1. The lowest BCUT2D eigenvalue weighted by atomic mass is 9.90. The van der Waals surface area contributed by atoms with E-state index in [-0.39, 0.29) is 18.6 Å². The van der Waals surface area contributed by atoms with Crippen molar-refractivity contribution in [3.8, 4) is 0 Å². The molecule has 2 fully saturated rings. The Bertz CT molecular complexity index is 960. The molecule has 30 heavy (non-hydrogen) atoms. The average molecular weight is 406 g/mol. The first-order valence-corrected chi connectivity index (χ1v) is 9.70. The summed E-state index contributed by atoms with van der Waals surface area (Å²) in [5, 5.41) is 0. The van der Waals surface area contributed by atoms with Crippen molar-refractivity contribution >= 4 is 18.0 Å². The van der Waals surface area contributed by atoms with Crippen LogP contribution < -0.4 is 0 Å². The van der Waals surface area contributed by atoms with Crippen molar-refractivity contribution in [1.82, 2.24) is 9.80 Å². The zero-order valence-electron chi connectivity index (χ0n) is 16.5. The molecule has 2 aromatic rings. The van der Waals surface area contributed by atoms with E-state index >= 15 is 0 Å². The highest BCUT2D eigenvalue weighted by atomic mass is 16.6. The summed E-state index contributed by atoms with van der Waals surface area (Å²) in [5.41, 5.74) is 1.86. The van der Waals surface area contributed by atoms with Gasteiger partial charge >= 0.3 is 12.1 Å². The second-order valence-electron chi connectivity index (χ2n) is 7.18. The first kappa shape index (κ1) is 19.7. The molecule has 0 N–H and O–H groups in total. The third kappa shape index (κ3) is 3.66. The van der Waals surface area contributed by atoms with Crippen molar-refractivity contribution < 1.29 is 23.9 Å². The summed E-state index contributed by atoms with van der Waals surface area (Å²) < 4.78 is 9.97. The Morgan fingerprint density at radius 1 is 1.10 bits per heavy atom. The lowest BCUT2D eigenvalue weighted by molar-refractivity contribution is -0.155. The van der Waals surface area contributed by atoms with E-state index in [1.165, 1.54) is 18.1 Å². The van der Waals surface area contributed by atoms with Crippen LogP contribution in [0.5, 0.6) is 0 Å². The summed E-state index contributed by atoms with van der Waals surface area (Å²) in [4.78, 5) is 40.5. The Balaban J connectivity index is 1.63. The molecule has 2 aliphatic heterocycles. The highest BCUT2D eigenvalue weighted by molar-refractivity contribution is 5.94. The van der Waals surface area contributed by atoms with E-state index in [9.17, 15) is 14.4 Å². The standard InChI is InChI=1S/C23H22N2O5/c1-29-20(26)13-12-18-21(22(27)24(18)14-16-8-4-2-5-9-16)25-19(15-30-23(25)28)17-10-6-3-7-11-17/h2-13,18-19,21H,14-15H2,1H3/b13-12+/t18-,19+,21-/m0/s1. The predicted octanol–water partition coefficient (Wildman–Crippen LogP) is 2.69. The number of nitrogens with zero attached hydrogens (tertiary/aromatic N) is 2. The molecule has 7 nitrogen and oxygen atoms in total. The molecule has 2 aromatic carbocycles. The summed E-state index contributed by atoms with van der Waals surface area (Å²) in [7, 11) is 1.29. The molecular weight excluding hydrogens is 384 g/mol. The zero-order valence-corrected chi connectivity index (χ0v) is 16.5. The van der Waals surface area contributed by atoms with Crippen molar-refractivity contribution in [3.05, 3.63) is 83.9 Å². The third-order valence-electron chi connectivity index (χ3n) is 5.44. The maximum atomic E-state index is 13.1. The average Bonchev–Trinajstić information content (AvgIpc) is 3.16. The van der Waals surface area contributed by atoms with Crippen molar-refractivity contribution in [2.45, 2.75) is 24.7 Å². The second kappa shape index (κ2) is 8.41. The van der Waals surface area contributed by atoms with Gasteiger partial charge in [0, 0.05) is 12.6 Å². The number of amides is 2. The molecule has 2 amide bonds. The Kier molecular flexibility index (Phi) is 5.52. The molecule has 0 radical (unpaired) electrons. The lowest BCUT2D eigenvalue weighted by Gasteiger charge is -2.49. The fourth-order valence-corrected chi connectivity index (χ4v) is 3.92. The Morgan fingerprint density at radius 3 is 2.43 bits per heavy atom. The highest BCUT2D eigenvalue weighted by Crippen LogP contribution is 2.37. The second-order valence-corrected chi connectivity index (χ2v) is 7.18. The van der Waals surface area contributed by atoms with Gasteiger partial charge in [-0.3, -0.25) is 9.69 Å². The van der Waals surface area contributed by atoms with E-state index in [2.05, 4.69) is 4.74 Å². The van der Waals surface area contributed by atoms with Crippen LogP contribution in [0.3, 0.4) is 0 Å². The van der Waals surface area contributed by atoms with Gasteiger partial charge in [0.05, 0.1) is 19.2 Å². The van der Waals surface area contributed by atoms with Gasteiger partial charge in [0.1, 0.15) is 12.6 Å². The monoisotopic (exact) mass is 406 g/mol. The largest absolute Gasteiger partial charge is 0.466 e. The van der Waals surface area contributed by atoms with Crippen molar-refractivity contribution in [3.63, 3.8) is 0 Å². The number of cyclic esters (lactones) is 1. The van der Waals surface area contributed by atoms with Gasteiger partial charge in [0.2, 0.25) is 5.91 Å². The number of carbonyl (C=O) groups excluding carboxylic acids is 3. The summed E-state index contributed by atoms with van der Waals surface area (Å²) in [5.74, 6) is -0.700. The lowest BCUT2D eigenvalue weighted by Crippen LogP contribution is -2.69. The van der Waals surface area contributed by atoms with E-state index in [4.69, 9.17) is 4.74 Å². The Labute approximate surface area is 174 Å². The van der Waals surface area contributed by atoms with E-state index in [0.717, 1.165) is 11.1 Å². The zero-order chi connectivity index (χ0) is 21.1. The van der Waals surface area contributed by atoms with E-state index < -0.39 is 24.1 Å².